The van der Waals surface area contributed by atoms with Gasteiger partial charge in [0.25, 0.3) is 0 Å². The normalized spacial score (nSPS) is 12.5. The summed E-state index contributed by atoms with van der Waals surface area (Å²) in [5.74, 6) is -1.30. The molecule has 0 aliphatic carbocycles. The first-order chi connectivity index (χ1) is 12.1. The van der Waals surface area contributed by atoms with Crippen molar-refractivity contribution in [2.24, 2.45) is 5.73 Å². The summed E-state index contributed by atoms with van der Waals surface area (Å²) in [7, 11) is 0. The molecule has 8 heteroatoms. The average molecular weight is 429 g/mol. The van der Waals surface area contributed by atoms with Crippen LogP contribution in [-0.2, 0) is 28.6 Å². The molecule has 1 atom stereocenters. The molecular weight excluding hydrogens is 413 g/mol. The lowest BCUT2D eigenvalue weighted by Crippen LogP contribution is -2.46. The Bertz CT molecular complexity index is 792. The zero-order chi connectivity index (χ0) is 19.3. The van der Waals surface area contributed by atoms with Crippen molar-refractivity contribution in [3.63, 3.8) is 0 Å². The summed E-state index contributed by atoms with van der Waals surface area (Å²) < 4.78 is 39.0. The fourth-order valence-electron chi connectivity index (χ4n) is 2.37. The molecule has 0 bridgehead atoms. The zero-order valence-corrected chi connectivity index (χ0v) is 15.1. The van der Waals surface area contributed by atoms with Crippen molar-refractivity contribution in [3.8, 4) is 0 Å². The van der Waals surface area contributed by atoms with Crippen molar-refractivity contribution < 1.29 is 22.8 Å². The monoisotopic (exact) mass is 428 g/mol. The fraction of sp³-hybridized carbons (Fsp3) is 0.222. The van der Waals surface area contributed by atoms with Crippen LogP contribution in [0.2, 0.25) is 0 Å². The Hall–Kier alpha value is -2.35. The molecular formula is C18H16BrF3N2O2. The number of alkyl halides is 3. The summed E-state index contributed by atoms with van der Waals surface area (Å²) >= 11 is 3.30. The van der Waals surface area contributed by atoms with Crippen molar-refractivity contribution in [2.45, 2.75) is 25.1 Å². The van der Waals surface area contributed by atoms with Gasteiger partial charge in [0.05, 0.1) is 12.0 Å². The van der Waals surface area contributed by atoms with E-state index in [2.05, 4.69) is 21.2 Å². The van der Waals surface area contributed by atoms with E-state index in [0.29, 0.717) is 0 Å². The van der Waals surface area contributed by atoms with Gasteiger partial charge in [0.2, 0.25) is 11.8 Å². The van der Waals surface area contributed by atoms with E-state index >= 15 is 0 Å². The number of hydrogen-bond donors (Lipinski definition) is 2. The predicted molar refractivity (Wildman–Crippen MR) is 94.1 cm³/mol. The first-order valence-electron chi connectivity index (χ1n) is 7.64. The van der Waals surface area contributed by atoms with Crippen molar-refractivity contribution in [3.05, 3.63) is 69.7 Å². The van der Waals surface area contributed by atoms with Crippen molar-refractivity contribution >= 4 is 27.7 Å². The van der Waals surface area contributed by atoms with Gasteiger partial charge in [0.15, 0.2) is 0 Å². The van der Waals surface area contributed by atoms with Crippen LogP contribution in [0.1, 0.15) is 16.7 Å². The van der Waals surface area contributed by atoms with Gasteiger partial charge >= 0.3 is 6.18 Å². The summed E-state index contributed by atoms with van der Waals surface area (Å²) in [5, 5.41) is 2.48. The molecule has 2 rings (SSSR count). The maximum atomic E-state index is 12.7. The highest BCUT2D eigenvalue weighted by Crippen LogP contribution is 2.29. The van der Waals surface area contributed by atoms with E-state index < -0.39 is 29.6 Å². The quantitative estimate of drug-likeness (QED) is 0.741. The first-order valence-corrected chi connectivity index (χ1v) is 8.43. The third-order valence-corrected chi connectivity index (χ3v) is 4.18. The molecule has 2 aromatic carbocycles. The van der Waals surface area contributed by atoms with Crippen molar-refractivity contribution in [1.82, 2.24) is 5.32 Å². The van der Waals surface area contributed by atoms with Crippen LogP contribution in [-0.4, -0.2) is 17.9 Å². The standard InChI is InChI=1S/C18H16BrF3N2O2/c19-14-6-4-11(5-7-14)9-15(17(23)26)24-16(25)10-12-2-1-3-13(8-12)18(20,21)22/h1-8,15H,9-10H2,(H2,23,26)(H,24,25)/t15-/m1/s1. The van der Waals surface area contributed by atoms with Gasteiger partial charge in [-0.2, -0.15) is 13.2 Å². The van der Waals surface area contributed by atoms with E-state index in [1.54, 1.807) is 24.3 Å². The minimum absolute atomic E-state index is 0.191. The molecule has 0 saturated heterocycles. The molecule has 0 spiro atoms. The molecule has 26 heavy (non-hydrogen) atoms. The largest absolute Gasteiger partial charge is 0.416 e. The highest BCUT2D eigenvalue weighted by atomic mass is 79.9. The molecule has 0 aliphatic heterocycles. The topological polar surface area (TPSA) is 72.2 Å². The molecule has 0 aromatic heterocycles. The Labute approximate surface area is 156 Å². The van der Waals surface area contributed by atoms with Crippen LogP contribution in [0, 0.1) is 0 Å². The van der Waals surface area contributed by atoms with E-state index in [1.165, 1.54) is 12.1 Å². The number of nitrogens with one attached hydrogen (secondary N) is 1. The van der Waals surface area contributed by atoms with E-state index in [0.717, 1.165) is 22.2 Å². The molecule has 138 valence electrons. The van der Waals surface area contributed by atoms with Crippen molar-refractivity contribution in [1.29, 1.82) is 0 Å². The number of benzene rings is 2. The van der Waals surface area contributed by atoms with Gasteiger partial charge in [-0.05, 0) is 29.3 Å². The summed E-state index contributed by atoms with van der Waals surface area (Å²) in [6.07, 6.45) is -4.57. The molecule has 0 heterocycles. The Morgan fingerprint density at radius 1 is 1.08 bits per heavy atom. The number of amides is 2. The molecule has 2 aromatic rings. The van der Waals surface area contributed by atoms with Crippen LogP contribution in [0.15, 0.2) is 53.0 Å². The van der Waals surface area contributed by atoms with E-state index in [9.17, 15) is 22.8 Å². The van der Waals surface area contributed by atoms with Gasteiger partial charge in [-0.25, -0.2) is 0 Å². The van der Waals surface area contributed by atoms with Gasteiger partial charge in [0.1, 0.15) is 6.04 Å². The zero-order valence-electron chi connectivity index (χ0n) is 13.5. The molecule has 0 fully saturated rings. The number of carbonyl (C=O) groups is 2. The van der Waals surface area contributed by atoms with E-state index in [-0.39, 0.29) is 18.4 Å². The second-order valence-corrected chi connectivity index (χ2v) is 6.64. The highest BCUT2D eigenvalue weighted by molar-refractivity contribution is 9.10. The second-order valence-electron chi connectivity index (χ2n) is 5.73. The van der Waals surface area contributed by atoms with Crippen LogP contribution < -0.4 is 11.1 Å². The highest BCUT2D eigenvalue weighted by Gasteiger charge is 2.30. The van der Waals surface area contributed by atoms with Crippen molar-refractivity contribution in [2.75, 3.05) is 0 Å². The van der Waals surface area contributed by atoms with Gasteiger partial charge in [-0.3, -0.25) is 9.59 Å². The number of hydrogen-bond acceptors (Lipinski definition) is 2. The first kappa shape index (κ1) is 20.0. The molecule has 0 saturated carbocycles. The SMILES string of the molecule is NC(=O)[C@@H](Cc1ccc(Br)cc1)NC(=O)Cc1cccc(C(F)(F)F)c1. The molecule has 4 nitrogen and oxygen atoms in total. The lowest BCUT2D eigenvalue weighted by atomic mass is 10.0. The van der Waals surface area contributed by atoms with Gasteiger partial charge in [0, 0.05) is 10.9 Å². The minimum atomic E-state index is -4.48. The van der Waals surface area contributed by atoms with E-state index in [1.807, 2.05) is 0 Å². The molecule has 0 unspecified atom stereocenters. The number of halogens is 4. The smallest absolute Gasteiger partial charge is 0.368 e. The maximum Gasteiger partial charge on any atom is 0.416 e. The summed E-state index contributed by atoms with van der Waals surface area (Å²) in [4.78, 5) is 23.7. The lowest BCUT2D eigenvalue weighted by Gasteiger charge is -2.16. The van der Waals surface area contributed by atoms with Crippen LogP contribution in [0.3, 0.4) is 0 Å². The fourth-order valence-corrected chi connectivity index (χ4v) is 2.63. The summed E-state index contributed by atoms with van der Waals surface area (Å²) in [6, 6.07) is 10.7. The predicted octanol–water partition coefficient (Wildman–Crippen LogP) is 3.22. The van der Waals surface area contributed by atoms with Crippen LogP contribution >= 0.6 is 15.9 Å². The lowest BCUT2D eigenvalue weighted by molar-refractivity contribution is -0.137. The van der Waals surface area contributed by atoms with Crippen LogP contribution in [0.5, 0.6) is 0 Å². The van der Waals surface area contributed by atoms with Gasteiger partial charge in [-0.1, -0.05) is 46.3 Å². The Morgan fingerprint density at radius 2 is 1.73 bits per heavy atom. The average Bonchev–Trinajstić information content (AvgIpc) is 2.55. The molecule has 0 aliphatic rings. The Balaban J connectivity index is 2.04. The third kappa shape index (κ3) is 5.87. The second kappa shape index (κ2) is 8.35. The molecule has 0 radical (unpaired) electrons. The molecule has 2 amide bonds. The molecule has 3 N–H and O–H groups in total. The summed E-state index contributed by atoms with van der Waals surface area (Å²) in [6.45, 7) is 0. The van der Waals surface area contributed by atoms with E-state index in [4.69, 9.17) is 5.73 Å². The van der Waals surface area contributed by atoms with Crippen LogP contribution in [0.4, 0.5) is 13.2 Å². The van der Waals surface area contributed by atoms with Crippen LogP contribution in [0.25, 0.3) is 0 Å². The van der Waals surface area contributed by atoms with Gasteiger partial charge < -0.3 is 11.1 Å². The Morgan fingerprint density at radius 3 is 2.31 bits per heavy atom. The maximum absolute atomic E-state index is 12.7. The summed E-state index contributed by atoms with van der Waals surface area (Å²) in [5.41, 5.74) is 5.48. The number of carbonyl (C=O) groups excluding carboxylic acids is 2. The number of rotatable bonds is 6. The number of nitrogens with two attached hydrogens (primary N) is 1. The number of primary amides is 1. The minimum Gasteiger partial charge on any atom is -0.368 e. The Kier molecular flexibility index (Phi) is 6.42. The third-order valence-electron chi connectivity index (χ3n) is 3.65. The van der Waals surface area contributed by atoms with Gasteiger partial charge in [-0.15, -0.1) is 0 Å².